The van der Waals surface area contributed by atoms with E-state index in [2.05, 4.69) is 4.85 Å². The molecule has 0 amide bonds. The number of benzene rings is 1. The molecule has 0 unspecified atom stereocenters. The van der Waals surface area contributed by atoms with Gasteiger partial charge < -0.3 is 4.74 Å². The molecule has 0 aromatic heterocycles. The summed E-state index contributed by atoms with van der Waals surface area (Å²) in [6.07, 6.45) is 1.53. The summed E-state index contributed by atoms with van der Waals surface area (Å²) in [5, 5.41) is 0. The van der Waals surface area contributed by atoms with Crippen LogP contribution >= 0.6 is 0 Å². The third kappa shape index (κ3) is 4.07. The molecule has 1 aromatic carbocycles. The van der Waals surface area contributed by atoms with Gasteiger partial charge in [0.25, 0.3) is 0 Å². The van der Waals surface area contributed by atoms with Crippen LogP contribution in [0.2, 0.25) is 0 Å². The van der Waals surface area contributed by atoms with Crippen molar-refractivity contribution in [3.63, 3.8) is 0 Å². The maximum Gasteiger partial charge on any atom is 0.308 e. The van der Waals surface area contributed by atoms with Gasteiger partial charge in [-0.25, -0.2) is 9.24 Å². The van der Waals surface area contributed by atoms with Gasteiger partial charge in [-0.15, -0.1) is 0 Å². The minimum absolute atomic E-state index is 0.0446. The zero-order chi connectivity index (χ0) is 12.7. The van der Waals surface area contributed by atoms with Crippen molar-refractivity contribution >= 4 is 11.7 Å². The number of hydrogen-bond acceptors (Lipinski definition) is 2. The first-order chi connectivity index (χ1) is 8.17. The summed E-state index contributed by atoms with van der Waals surface area (Å²) in [7, 11) is 0. The minimum atomic E-state index is -0.379. The Labute approximate surface area is 99.3 Å². The highest BCUT2D eigenvalue weighted by Crippen LogP contribution is 2.17. The highest BCUT2D eigenvalue weighted by atomic mass is 19.1. The Morgan fingerprint density at radius 2 is 2.12 bits per heavy atom. The fourth-order valence-electron chi connectivity index (χ4n) is 1.25. The van der Waals surface area contributed by atoms with E-state index in [1.54, 1.807) is 6.92 Å². The van der Waals surface area contributed by atoms with Gasteiger partial charge >= 0.3 is 5.97 Å². The monoisotopic (exact) mass is 233 g/mol. The summed E-state index contributed by atoms with van der Waals surface area (Å²) in [6.45, 7) is 9.04. The molecule has 0 saturated heterocycles. The van der Waals surface area contributed by atoms with Gasteiger partial charge in [0.15, 0.2) is 5.70 Å². The maximum absolute atomic E-state index is 12.7. The molecule has 0 aliphatic heterocycles. The number of carbonyl (C=O) groups excluding carboxylic acids is 1. The van der Waals surface area contributed by atoms with E-state index < -0.39 is 0 Å². The molecule has 4 heteroatoms. The van der Waals surface area contributed by atoms with Gasteiger partial charge in [0.2, 0.25) is 0 Å². The van der Waals surface area contributed by atoms with E-state index in [9.17, 15) is 9.18 Å². The summed E-state index contributed by atoms with van der Waals surface area (Å²) in [5.41, 5.74) is 0.906. The third-order valence-corrected chi connectivity index (χ3v) is 2.03. The smallest absolute Gasteiger partial charge is 0.308 e. The molecule has 0 aliphatic rings. The number of halogens is 1. The lowest BCUT2D eigenvalue weighted by Crippen LogP contribution is -2.01. The first-order valence-electron chi connectivity index (χ1n) is 5.16. The Morgan fingerprint density at radius 1 is 1.47 bits per heavy atom. The summed E-state index contributed by atoms with van der Waals surface area (Å²) >= 11 is 0. The molecule has 1 aromatic rings. The summed E-state index contributed by atoms with van der Waals surface area (Å²) in [5.74, 6) is -0.737. The topological polar surface area (TPSA) is 30.7 Å². The van der Waals surface area contributed by atoms with Crippen molar-refractivity contribution in [3.05, 3.63) is 53.1 Å². The molecular formula is C13H12FNO2. The Hall–Kier alpha value is -2.15. The fraction of sp³-hybridized carbons (Fsp3) is 0.231. The largest absolute Gasteiger partial charge is 0.466 e. The van der Waals surface area contributed by atoms with Crippen LogP contribution in [0.3, 0.4) is 0 Å². The number of nitrogens with zero attached hydrogens (tertiary/aromatic N) is 1. The second-order valence-electron chi connectivity index (χ2n) is 3.22. The molecule has 0 N–H and O–H groups in total. The predicted molar refractivity (Wildman–Crippen MR) is 62.2 cm³/mol. The van der Waals surface area contributed by atoms with Crippen molar-refractivity contribution < 1.29 is 13.9 Å². The second kappa shape index (κ2) is 6.44. The molecule has 0 bridgehead atoms. The van der Waals surface area contributed by atoms with Gasteiger partial charge in [-0.1, -0.05) is 18.2 Å². The molecule has 88 valence electrons. The predicted octanol–water partition coefficient (Wildman–Crippen LogP) is 3.04. The maximum atomic E-state index is 12.7. The average Bonchev–Trinajstić information content (AvgIpc) is 2.32. The lowest BCUT2D eigenvalue weighted by Gasteiger charge is -2.00. The van der Waals surface area contributed by atoms with E-state index in [0.717, 1.165) is 0 Å². The zero-order valence-electron chi connectivity index (χ0n) is 9.44. The third-order valence-electron chi connectivity index (χ3n) is 2.03. The summed E-state index contributed by atoms with van der Waals surface area (Å²) in [4.78, 5) is 14.4. The van der Waals surface area contributed by atoms with Gasteiger partial charge in [0, 0.05) is 0 Å². The summed E-state index contributed by atoms with van der Waals surface area (Å²) in [6, 6.07) is 5.56. The van der Waals surface area contributed by atoms with Crippen LogP contribution in [0.15, 0.2) is 30.3 Å². The lowest BCUT2D eigenvalue weighted by atomic mass is 10.1. The molecule has 0 heterocycles. The van der Waals surface area contributed by atoms with Gasteiger partial charge in [0.1, 0.15) is 5.82 Å². The van der Waals surface area contributed by atoms with Crippen LogP contribution in [-0.4, -0.2) is 12.6 Å². The summed E-state index contributed by atoms with van der Waals surface area (Å²) < 4.78 is 17.4. The van der Waals surface area contributed by atoms with E-state index in [1.165, 1.54) is 30.3 Å². The fourth-order valence-corrected chi connectivity index (χ4v) is 1.25. The SMILES string of the molecule is [C-]#[N+]/C(=C\CC(=O)OCC)c1ccc(F)cc1. The molecule has 0 saturated carbocycles. The molecule has 0 radical (unpaired) electrons. The van der Waals surface area contributed by atoms with E-state index in [-0.39, 0.29) is 18.2 Å². The van der Waals surface area contributed by atoms with Crippen LogP contribution in [0.1, 0.15) is 18.9 Å². The molecule has 1 rings (SSSR count). The lowest BCUT2D eigenvalue weighted by molar-refractivity contribution is -0.142. The second-order valence-corrected chi connectivity index (χ2v) is 3.22. The Bertz CT molecular complexity index is 457. The van der Waals surface area contributed by atoms with E-state index in [1.807, 2.05) is 0 Å². The number of carbonyl (C=O) groups is 1. The first-order valence-corrected chi connectivity index (χ1v) is 5.16. The van der Waals surface area contributed by atoms with Crippen molar-refractivity contribution in [2.24, 2.45) is 0 Å². The standard InChI is InChI=1S/C13H12FNO2/c1-3-17-13(16)9-8-12(15-2)10-4-6-11(14)7-5-10/h4-8H,3,9H2,1H3/b12-8-. The number of ether oxygens (including phenoxy) is 1. The van der Waals surface area contributed by atoms with Crippen LogP contribution in [0.5, 0.6) is 0 Å². The van der Waals surface area contributed by atoms with Gasteiger partial charge in [-0.2, -0.15) is 0 Å². The Kier molecular flexibility index (Phi) is 4.89. The molecule has 0 fully saturated rings. The van der Waals surface area contributed by atoms with Crippen LogP contribution in [0, 0.1) is 12.4 Å². The molecule has 0 aliphatic carbocycles. The number of hydrogen-bond donors (Lipinski definition) is 0. The van der Waals surface area contributed by atoms with Crippen molar-refractivity contribution in [3.8, 4) is 0 Å². The van der Waals surface area contributed by atoms with Crippen LogP contribution in [0.25, 0.3) is 10.5 Å². The minimum Gasteiger partial charge on any atom is -0.466 e. The Morgan fingerprint density at radius 3 is 2.65 bits per heavy atom. The van der Waals surface area contributed by atoms with Crippen LogP contribution in [0.4, 0.5) is 4.39 Å². The molecule has 17 heavy (non-hydrogen) atoms. The van der Waals surface area contributed by atoms with E-state index in [4.69, 9.17) is 11.3 Å². The van der Waals surface area contributed by atoms with E-state index >= 15 is 0 Å². The van der Waals surface area contributed by atoms with E-state index in [0.29, 0.717) is 17.9 Å². The van der Waals surface area contributed by atoms with Gasteiger partial charge in [-0.05, 0) is 24.6 Å². The number of esters is 1. The van der Waals surface area contributed by atoms with Crippen molar-refractivity contribution in [2.45, 2.75) is 13.3 Å². The number of rotatable bonds is 4. The van der Waals surface area contributed by atoms with Crippen molar-refractivity contribution in [1.82, 2.24) is 0 Å². The van der Waals surface area contributed by atoms with Crippen molar-refractivity contribution in [2.75, 3.05) is 6.61 Å². The first kappa shape index (κ1) is 12.9. The molecule has 0 atom stereocenters. The Balaban J connectivity index is 2.78. The van der Waals surface area contributed by atoms with Crippen LogP contribution in [-0.2, 0) is 9.53 Å². The average molecular weight is 233 g/mol. The van der Waals surface area contributed by atoms with Crippen molar-refractivity contribution in [1.29, 1.82) is 0 Å². The molecule has 0 spiro atoms. The van der Waals surface area contributed by atoms with Gasteiger partial charge in [-0.3, -0.25) is 4.79 Å². The van der Waals surface area contributed by atoms with Crippen LogP contribution < -0.4 is 0 Å². The van der Waals surface area contributed by atoms with Gasteiger partial charge in [0.05, 0.1) is 19.6 Å². The highest BCUT2D eigenvalue weighted by Gasteiger charge is 2.04. The molecular weight excluding hydrogens is 221 g/mol. The zero-order valence-corrected chi connectivity index (χ0v) is 9.44. The quantitative estimate of drug-likeness (QED) is 0.591. The highest BCUT2D eigenvalue weighted by molar-refractivity contribution is 5.77. The normalized spacial score (nSPS) is 10.8. The molecule has 3 nitrogen and oxygen atoms in total.